The third-order valence-corrected chi connectivity index (χ3v) is 3.13. The van der Waals surface area contributed by atoms with Crippen molar-refractivity contribution in [3.63, 3.8) is 0 Å². The number of thiazole rings is 2. The Labute approximate surface area is 82.1 Å². The van der Waals surface area contributed by atoms with Crippen molar-refractivity contribution in [1.29, 1.82) is 0 Å². The molecular formula is C7H5N3OS2. The third kappa shape index (κ3) is 1.58. The zero-order chi connectivity index (χ0) is 9.26. The monoisotopic (exact) mass is 211 g/mol. The van der Waals surface area contributed by atoms with Crippen molar-refractivity contribution in [3.8, 4) is 10.0 Å². The lowest BCUT2D eigenvalue weighted by molar-refractivity contribution is 0.0996. The lowest BCUT2D eigenvalue weighted by Gasteiger charge is -1.85. The Morgan fingerprint density at radius 3 is 2.77 bits per heavy atom. The maximum atomic E-state index is 10.7. The van der Waals surface area contributed by atoms with Crippen LogP contribution in [0.4, 0.5) is 0 Å². The van der Waals surface area contributed by atoms with Crippen LogP contribution in [0.1, 0.15) is 10.5 Å². The maximum absolute atomic E-state index is 10.7. The zero-order valence-electron chi connectivity index (χ0n) is 6.43. The summed E-state index contributed by atoms with van der Waals surface area (Å²) in [6.45, 7) is 0. The first-order valence-electron chi connectivity index (χ1n) is 3.42. The molecule has 6 heteroatoms. The Morgan fingerprint density at radius 1 is 1.38 bits per heavy atom. The average Bonchev–Trinajstić information content (AvgIpc) is 2.75. The van der Waals surface area contributed by atoms with Gasteiger partial charge >= 0.3 is 0 Å². The standard InChI is InChI=1S/C7H5N3OS2/c8-5(11)4-3-13-7(10-4)6-9-1-2-12-6/h1-3H,(H2,8,11). The SMILES string of the molecule is NC(=O)c1csc(-c2nccs2)n1. The molecule has 2 aromatic heterocycles. The number of carbonyl (C=O) groups excluding carboxylic acids is 1. The lowest BCUT2D eigenvalue weighted by Crippen LogP contribution is -2.10. The number of rotatable bonds is 2. The van der Waals surface area contributed by atoms with Gasteiger partial charge in [0.25, 0.3) is 5.91 Å². The van der Waals surface area contributed by atoms with Gasteiger partial charge in [0.1, 0.15) is 5.69 Å². The molecule has 0 bridgehead atoms. The van der Waals surface area contributed by atoms with Crippen LogP contribution in [0, 0.1) is 0 Å². The molecule has 0 aliphatic rings. The molecule has 66 valence electrons. The third-order valence-electron chi connectivity index (χ3n) is 1.37. The van der Waals surface area contributed by atoms with Crippen molar-refractivity contribution in [3.05, 3.63) is 22.7 Å². The second kappa shape index (κ2) is 3.23. The van der Waals surface area contributed by atoms with Gasteiger partial charge in [-0.05, 0) is 0 Å². The van der Waals surface area contributed by atoms with Gasteiger partial charge in [-0.3, -0.25) is 4.79 Å². The quantitative estimate of drug-likeness (QED) is 0.815. The van der Waals surface area contributed by atoms with Gasteiger partial charge < -0.3 is 5.73 Å². The van der Waals surface area contributed by atoms with Crippen molar-refractivity contribution in [2.45, 2.75) is 0 Å². The molecule has 0 unspecified atom stereocenters. The van der Waals surface area contributed by atoms with Gasteiger partial charge in [-0.15, -0.1) is 22.7 Å². The first kappa shape index (κ1) is 8.33. The minimum Gasteiger partial charge on any atom is -0.364 e. The highest BCUT2D eigenvalue weighted by Gasteiger charge is 2.09. The molecular weight excluding hydrogens is 206 g/mol. The van der Waals surface area contributed by atoms with E-state index in [0.717, 1.165) is 10.0 Å². The molecule has 1 amide bonds. The fraction of sp³-hybridized carbons (Fsp3) is 0. The van der Waals surface area contributed by atoms with E-state index in [1.165, 1.54) is 22.7 Å². The second-order valence-corrected chi connectivity index (χ2v) is 3.99. The van der Waals surface area contributed by atoms with Crippen LogP contribution in [0.15, 0.2) is 17.0 Å². The van der Waals surface area contributed by atoms with Crippen molar-refractivity contribution in [2.24, 2.45) is 5.73 Å². The highest BCUT2D eigenvalue weighted by atomic mass is 32.1. The Balaban J connectivity index is 2.39. The van der Waals surface area contributed by atoms with Gasteiger partial charge in [0.05, 0.1) is 0 Å². The van der Waals surface area contributed by atoms with Crippen molar-refractivity contribution in [1.82, 2.24) is 9.97 Å². The van der Waals surface area contributed by atoms with E-state index < -0.39 is 5.91 Å². The van der Waals surface area contributed by atoms with Crippen molar-refractivity contribution >= 4 is 28.6 Å². The fourth-order valence-corrected chi connectivity index (χ4v) is 2.32. The lowest BCUT2D eigenvalue weighted by atomic mass is 10.5. The molecule has 0 saturated carbocycles. The van der Waals surface area contributed by atoms with E-state index in [1.54, 1.807) is 11.6 Å². The maximum Gasteiger partial charge on any atom is 0.268 e. The molecule has 0 aromatic carbocycles. The predicted molar refractivity (Wildman–Crippen MR) is 51.7 cm³/mol. The number of hydrogen-bond acceptors (Lipinski definition) is 5. The van der Waals surface area contributed by atoms with Crippen LogP contribution in [-0.4, -0.2) is 15.9 Å². The van der Waals surface area contributed by atoms with E-state index in [0.29, 0.717) is 5.69 Å². The van der Waals surface area contributed by atoms with Gasteiger partial charge in [-0.2, -0.15) is 0 Å². The summed E-state index contributed by atoms with van der Waals surface area (Å²) in [5.41, 5.74) is 5.37. The molecule has 0 aliphatic carbocycles. The Morgan fingerprint density at radius 2 is 2.23 bits per heavy atom. The predicted octanol–water partition coefficient (Wildman–Crippen LogP) is 1.37. The summed E-state index contributed by atoms with van der Waals surface area (Å²) in [4.78, 5) is 18.9. The molecule has 2 aromatic rings. The van der Waals surface area contributed by atoms with E-state index in [9.17, 15) is 4.79 Å². The molecule has 0 radical (unpaired) electrons. The summed E-state index contributed by atoms with van der Waals surface area (Å²) in [7, 11) is 0. The molecule has 0 fully saturated rings. The zero-order valence-corrected chi connectivity index (χ0v) is 8.06. The number of nitrogens with zero attached hydrogens (tertiary/aromatic N) is 2. The summed E-state index contributed by atoms with van der Waals surface area (Å²) >= 11 is 2.86. The molecule has 2 rings (SSSR count). The summed E-state index contributed by atoms with van der Waals surface area (Å²) in [5, 5.41) is 5.06. The number of amides is 1. The van der Waals surface area contributed by atoms with E-state index in [4.69, 9.17) is 5.73 Å². The van der Waals surface area contributed by atoms with Crippen LogP contribution in [0.25, 0.3) is 10.0 Å². The number of carbonyl (C=O) groups is 1. The van der Waals surface area contributed by atoms with E-state index in [1.807, 2.05) is 5.38 Å². The number of aromatic nitrogens is 2. The average molecular weight is 211 g/mol. The first-order chi connectivity index (χ1) is 6.27. The summed E-state index contributed by atoms with van der Waals surface area (Å²) in [6.07, 6.45) is 1.70. The summed E-state index contributed by atoms with van der Waals surface area (Å²) < 4.78 is 0. The second-order valence-electron chi connectivity index (χ2n) is 2.24. The molecule has 13 heavy (non-hydrogen) atoms. The van der Waals surface area contributed by atoms with Crippen molar-refractivity contribution in [2.75, 3.05) is 0 Å². The summed E-state index contributed by atoms with van der Waals surface area (Å²) in [6, 6.07) is 0. The highest BCUT2D eigenvalue weighted by molar-refractivity contribution is 7.19. The molecule has 0 saturated heterocycles. The molecule has 0 aliphatic heterocycles. The van der Waals surface area contributed by atoms with E-state index in [-0.39, 0.29) is 0 Å². The molecule has 0 spiro atoms. The van der Waals surface area contributed by atoms with Gasteiger partial charge in [-0.25, -0.2) is 9.97 Å². The fourth-order valence-electron chi connectivity index (χ4n) is 0.814. The Hall–Kier alpha value is -1.27. The minimum atomic E-state index is -0.501. The normalized spacial score (nSPS) is 10.2. The van der Waals surface area contributed by atoms with E-state index >= 15 is 0 Å². The van der Waals surface area contributed by atoms with Gasteiger partial charge in [0.2, 0.25) is 0 Å². The van der Waals surface area contributed by atoms with E-state index in [2.05, 4.69) is 9.97 Å². The molecule has 4 nitrogen and oxygen atoms in total. The van der Waals surface area contributed by atoms with Gasteiger partial charge in [0, 0.05) is 17.0 Å². The molecule has 2 heterocycles. The number of hydrogen-bond donors (Lipinski definition) is 1. The molecule has 0 atom stereocenters. The Kier molecular flexibility index (Phi) is 2.07. The van der Waals surface area contributed by atoms with Gasteiger partial charge in [0.15, 0.2) is 10.0 Å². The molecule has 2 N–H and O–H groups in total. The van der Waals surface area contributed by atoms with Gasteiger partial charge in [-0.1, -0.05) is 0 Å². The number of nitrogens with two attached hydrogens (primary N) is 1. The highest BCUT2D eigenvalue weighted by Crippen LogP contribution is 2.24. The topological polar surface area (TPSA) is 68.9 Å². The van der Waals surface area contributed by atoms with Crippen LogP contribution in [0.5, 0.6) is 0 Å². The largest absolute Gasteiger partial charge is 0.364 e. The van der Waals surface area contributed by atoms with Crippen LogP contribution in [-0.2, 0) is 0 Å². The smallest absolute Gasteiger partial charge is 0.268 e. The number of primary amides is 1. The van der Waals surface area contributed by atoms with Crippen LogP contribution in [0.3, 0.4) is 0 Å². The minimum absolute atomic E-state index is 0.301. The van der Waals surface area contributed by atoms with Crippen molar-refractivity contribution < 1.29 is 4.79 Å². The van der Waals surface area contributed by atoms with Crippen LogP contribution in [0.2, 0.25) is 0 Å². The van der Waals surface area contributed by atoms with Crippen LogP contribution < -0.4 is 5.73 Å². The van der Waals surface area contributed by atoms with Crippen LogP contribution >= 0.6 is 22.7 Å². The first-order valence-corrected chi connectivity index (χ1v) is 5.18. The summed E-state index contributed by atoms with van der Waals surface area (Å²) in [5.74, 6) is -0.501. The Bertz CT molecular complexity index is 421.